The highest BCUT2D eigenvalue weighted by molar-refractivity contribution is 5.95. The lowest BCUT2D eigenvalue weighted by atomic mass is 9.98. The Labute approximate surface area is 294 Å². The van der Waals surface area contributed by atoms with Crippen molar-refractivity contribution >= 4 is 35.6 Å². The number of cyclic esters (lactones) is 1. The molecule has 0 bridgehead atoms. The van der Waals surface area contributed by atoms with Gasteiger partial charge in [-0.15, -0.1) is 0 Å². The third-order valence-corrected chi connectivity index (χ3v) is 8.61. The molecule has 282 valence electrons. The summed E-state index contributed by atoms with van der Waals surface area (Å²) in [5.74, 6) is -4.14. The topological polar surface area (TPSA) is 180 Å². The quantitative estimate of drug-likeness (QED) is 0.0908. The number of carbonyl (C=O) groups excluding carboxylic acids is 5. The van der Waals surface area contributed by atoms with E-state index in [2.05, 4.69) is 28.2 Å². The summed E-state index contributed by atoms with van der Waals surface area (Å²) in [4.78, 5) is 79.2. The molecular weight excluding hydrogens is 628 g/mol. The molecule has 0 radical (unpaired) electrons. The molecule has 0 aromatic heterocycles. The summed E-state index contributed by atoms with van der Waals surface area (Å²) in [7, 11) is 0. The van der Waals surface area contributed by atoms with Crippen molar-refractivity contribution in [2.75, 3.05) is 0 Å². The highest BCUT2D eigenvalue weighted by atomic mass is 16.5. The second kappa shape index (κ2) is 24.1. The van der Waals surface area contributed by atoms with E-state index < -0.39 is 65.8 Å². The number of esters is 1. The average Bonchev–Trinajstić information content (AvgIpc) is 2.99. The minimum absolute atomic E-state index is 0.0157. The molecule has 1 aliphatic heterocycles. The van der Waals surface area contributed by atoms with Gasteiger partial charge in [-0.05, 0) is 56.3 Å². The van der Waals surface area contributed by atoms with Crippen molar-refractivity contribution in [2.24, 2.45) is 17.8 Å². The Bertz CT molecular complexity index is 1050. The van der Waals surface area contributed by atoms with Crippen LogP contribution in [-0.4, -0.2) is 70.9 Å². The zero-order chi connectivity index (χ0) is 36.9. The summed E-state index contributed by atoms with van der Waals surface area (Å²) < 4.78 is 5.92. The Hall–Kier alpha value is -3.18. The molecule has 49 heavy (non-hydrogen) atoms. The van der Waals surface area contributed by atoms with Gasteiger partial charge in [-0.3, -0.25) is 24.0 Å². The minimum Gasteiger partial charge on any atom is -0.481 e. The van der Waals surface area contributed by atoms with Crippen LogP contribution in [0.15, 0.2) is 0 Å². The number of amides is 4. The van der Waals surface area contributed by atoms with Gasteiger partial charge in [0.25, 0.3) is 0 Å². The lowest BCUT2D eigenvalue weighted by Gasteiger charge is -2.29. The zero-order valence-corrected chi connectivity index (χ0v) is 31.2. The van der Waals surface area contributed by atoms with E-state index in [1.165, 1.54) is 32.1 Å². The maximum atomic E-state index is 13.7. The predicted molar refractivity (Wildman–Crippen MR) is 189 cm³/mol. The van der Waals surface area contributed by atoms with E-state index in [1.54, 1.807) is 0 Å². The monoisotopic (exact) mass is 694 g/mol. The second-order valence-corrected chi connectivity index (χ2v) is 15.0. The maximum Gasteiger partial charge on any atom is 0.328 e. The number of unbranched alkanes of at least 4 members (excludes halogenated alkanes) is 8. The molecule has 1 fully saturated rings. The maximum absolute atomic E-state index is 13.7. The summed E-state index contributed by atoms with van der Waals surface area (Å²) in [6.45, 7) is 13.6. The fourth-order valence-corrected chi connectivity index (χ4v) is 6.04. The molecule has 12 heteroatoms. The SMILES string of the molecule is CCCCCCCCCCC[C@@H]1CC(=O)N[C@@H](CCC(=O)O)C(=O)N[C@@H](CC(C)C)C(=O)N[C@H](CC(C)C)C(=O)N[C@@H](CC(C)C)C(=O)O1. The van der Waals surface area contributed by atoms with Gasteiger partial charge in [0.2, 0.25) is 23.6 Å². The van der Waals surface area contributed by atoms with Crippen LogP contribution in [0.1, 0.15) is 151 Å². The van der Waals surface area contributed by atoms with Crippen LogP contribution in [0.25, 0.3) is 0 Å². The predicted octanol–water partition coefficient (Wildman–Crippen LogP) is 5.17. The molecule has 5 atom stereocenters. The van der Waals surface area contributed by atoms with E-state index in [-0.39, 0.29) is 43.4 Å². The van der Waals surface area contributed by atoms with Crippen LogP contribution in [0, 0.1) is 17.8 Å². The number of aliphatic carboxylic acids is 1. The Morgan fingerprint density at radius 2 is 1.06 bits per heavy atom. The lowest BCUT2D eigenvalue weighted by molar-refractivity contribution is -0.155. The second-order valence-electron chi connectivity index (χ2n) is 15.0. The number of carbonyl (C=O) groups is 6. The van der Waals surface area contributed by atoms with Crippen LogP contribution in [-0.2, 0) is 33.5 Å². The molecule has 0 aromatic carbocycles. The fourth-order valence-electron chi connectivity index (χ4n) is 6.04. The molecule has 1 heterocycles. The molecule has 1 saturated heterocycles. The van der Waals surface area contributed by atoms with E-state index >= 15 is 0 Å². The van der Waals surface area contributed by atoms with Crippen LogP contribution < -0.4 is 21.3 Å². The van der Waals surface area contributed by atoms with Gasteiger partial charge in [0.05, 0.1) is 6.42 Å². The number of rotatable bonds is 19. The number of carboxylic acids is 1. The van der Waals surface area contributed by atoms with E-state index in [4.69, 9.17) is 4.74 Å². The molecule has 0 unspecified atom stereocenters. The number of hydrogen-bond acceptors (Lipinski definition) is 7. The molecule has 4 amide bonds. The molecule has 12 nitrogen and oxygen atoms in total. The van der Waals surface area contributed by atoms with Crippen LogP contribution in [0.5, 0.6) is 0 Å². The van der Waals surface area contributed by atoms with Crippen LogP contribution >= 0.6 is 0 Å². The fraction of sp³-hybridized carbons (Fsp3) is 0.838. The summed E-state index contributed by atoms with van der Waals surface area (Å²) >= 11 is 0. The van der Waals surface area contributed by atoms with Crippen LogP contribution in [0.2, 0.25) is 0 Å². The first-order chi connectivity index (χ1) is 23.1. The molecule has 0 aromatic rings. The Kier molecular flexibility index (Phi) is 21.5. The van der Waals surface area contributed by atoms with Crippen LogP contribution in [0.4, 0.5) is 0 Å². The Morgan fingerprint density at radius 1 is 0.633 bits per heavy atom. The zero-order valence-electron chi connectivity index (χ0n) is 31.2. The van der Waals surface area contributed by atoms with Crippen molar-refractivity contribution in [1.82, 2.24) is 21.3 Å². The first-order valence-electron chi connectivity index (χ1n) is 18.8. The van der Waals surface area contributed by atoms with Crippen molar-refractivity contribution in [3.05, 3.63) is 0 Å². The molecule has 1 aliphatic rings. The molecule has 0 aliphatic carbocycles. The Morgan fingerprint density at radius 3 is 1.53 bits per heavy atom. The van der Waals surface area contributed by atoms with Crippen LogP contribution in [0.3, 0.4) is 0 Å². The number of hydrogen-bond donors (Lipinski definition) is 5. The lowest BCUT2D eigenvalue weighted by Crippen LogP contribution is -2.58. The van der Waals surface area contributed by atoms with Crippen molar-refractivity contribution < 1.29 is 38.6 Å². The standard InChI is InChI=1S/C37H66N4O8/c1-8-9-10-11-12-13-14-15-16-17-27-23-32(42)38-28(18-19-33(43)44)34(45)39-29(20-24(2)3)35(46)40-30(21-25(4)5)36(47)41-31(22-26(6)7)37(48)49-27/h24-31H,8-23H2,1-7H3,(H,38,42)(H,39,45)(H,40,46)(H,41,47)(H,43,44)/t27-,28+,29+,30-,31+/m1/s1. The summed E-state index contributed by atoms with van der Waals surface area (Å²) in [6.07, 6.45) is 9.51. The van der Waals surface area contributed by atoms with Gasteiger partial charge in [-0.2, -0.15) is 0 Å². The first-order valence-corrected chi connectivity index (χ1v) is 18.8. The van der Waals surface area contributed by atoms with Crippen molar-refractivity contribution in [2.45, 2.75) is 181 Å². The molecule has 5 N–H and O–H groups in total. The minimum atomic E-state index is -1.23. The van der Waals surface area contributed by atoms with Gasteiger partial charge in [0.1, 0.15) is 30.3 Å². The van der Waals surface area contributed by atoms with Crippen molar-refractivity contribution in [1.29, 1.82) is 0 Å². The van der Waals surface area contributed by atoms with Gasteiger partial charge < -0.3 is 31.1 Å². The summed E-state index contributed by atoms with van der Waals surface area (Å²) in [5.41, 5.74) is 0. The van der Waals surface area contributed by atoms with E-state index in [1.807, 2.05) is 41.5 Å². The number of ether oxygens (including phenoxy) is 1. The van der Waals surface area contributed by atoms with Gasteiger partial charge in [-0.1, -0.05) is 99.8 Å². The summed E-state index contributed by atoms with van der Waals surface area (Å²) in [5, 5.41) is 20.3. The summed E-state index contributed by atoms with van der Waals surface area (Å²) in [6, 6.07) is -4.24. The first kappa shape index (κ1) is 43.8. The van der Waals surface area contributed by atoms with Crippen molar-refractivity contribution in [3.8, 4) is 0 Å². The average molecular weight is 695 g/mol. The molecule has 0 saturated carbocycles. The smallest absolute Gasteiger partial charge is 0.328 e. The third kappa shape index (κ3) is 19.6. The van der Waals surface area contributed by atoms with E-state index in [0.717, 1.165) is 25.7 Å². The largest absolute Gasteiger partial charge is 0.481 e. The number of nitrogens with one attached hydrogen (secondary N) is 4. The Balaban J connectivity index is 3.38. The number of carboxylic acid groups (broad SMARTS) is 1. The van der Waals surface area contributed by atoms with E-state index in [0.29, 0.717) is 19.3 Å². The van der Waals surface area contributed by atoms with Gasteiger partial charge >= 0.3 is 11.9 Å². The molecular formula is C37H66N4O8. The highest BCUT2D eigenvalue weighted by Crippen LogP contribution is 2.18. The van der Waals surface area contributed by atoms with E-state index in [9.17, 15) is 33.9 Å². The van der Waals surface area contributed by atoms with Gasteiger partial charge in [0, 0.05) is 6.42 Å². The molecule has 1 rings (SSSR count). The highest BCUT2D eigenvalue weighted by Gasteiger charge is 2.34. The van der Waals surface area contributed by atoms with Crippen molar-refractivity contribution in [3.63, 3.8) is 0 Å². The third-order valence-electron chi connectivity index (χ3n) is 8.61. The normalized spacial score (nSPS) is 23.2. The molecule has 0 spiro atoms. The van der Waals surface area contributed by atoms with Gasteiger partial charge in [-0.25, -0.2) is 4.79 Å². The van der Waals surface area contributed by atoms with Gasteiger partial charge in [0.15, 0.2) is 0 Å².